The van der Waals surface area contributed by atoms with E-state index >= 15 is 0 Å². The van der Waals surface area contributed by atoms with Crippen LogP contribution >= 0.6 is 0 Å². The molecule has 0 aromatic heterocycles. The van der Waals surface area contributed by atoms with Crippen molar-refractivity contribution in [3.8, 4) is 5.75 Å². The molecule has 0 aliphatic carbocycles. The van der Waals surface area contributed by atoms with Crippen LogP contribution in [0, 0.1) is 0 Å². The molecule has 4 nitrogen and oxygen atoms in total. The number of phenols is 1. The molecular weight excluding hydrogens is 240 g/mol. The van der Waals surface area contributed by atoms with E-state index in [-0.39, 0.29) is 11.7 Å². The Morgan fingerprint density at radius 2 is 1.68 bits per heavy atom. The summed E-state index contributed by atoms with van der Waals surface area (Å²) >= 11 is 0. The molecule has 0 saturated heterocycles. The maximum Gasteiger partial charge on any atom is 0.271 e. The van der Waals surface area contributed by atoms with Crippen LogP contribution in [0.25, 0.3) is 0 Å². The number of phenolic OH excluding ortho intramolecular Hbond substituents is 1. The van der Waals surface area contributed by atoms with Gasteiger partial charge in [0.05, 0.1) is 5.71 Å². The number of carbonyl (C=O) groups excluding carboxylic acids is 1. The van der Waals surface area contributed by atoms with Crippen molar-refractivity contribution < 1.29 is 9.90 Å². The number of hydrogen-bond acceptors (Lipinski definition) is 3. The second-order valence-electron chi connectivity index (χ2n) is 4.02. The number of amides is 1. The number of carbonyl (C=O) groups is 1. The van der Waals surface area contributed by atoms with Crippen molar-refractivity contribution in [3.63, 3.8) is 0 Å². The molecule has 0 saturated carbocycles. The summed E-state index contributed by atoms with van der Waals surface area (Å²) in [6.45, 7) is 1.72. The van der Waals surface area contributed by atoms with Crippen LogP contribution in [0.3, 0.4) is 0 Å². The minimum Gasteiger partial charge on any atom is -0.507 e. The number of hydrogen-bond donors (Lipinski definition) is 2. The van der Waals surface area contributed by atoms with E-state index in [4.69, 9.17) is 0 Å². The smallest absolute Gasteiger partial charge is 0.271 e. The Labute approximate surface area is 111 Å². The average molecular weight is 254 g/mol. The standard InChI is InChI=1S/C15H14N2O2/c1-11(13-9-5-6-10-14(13)18)16-17-15(19)12-7-3-2-4-8-12/h2-10,18H,1H3,(H,17,19)/b16-11-. The predicted molar refractivity (Wildman–Crippen MR) is 74.2 cm³/mol. The molecule has 1 amide bonds. The Morgan fingerprint density at radius 3 is 2.37 bits per heavy atom. The summed E-state index contributed by atoms with van der Waals surface area (Å²) < 4.78 is 0. The van der Waals surface area contributed by atoms with Gasteiger partial charge in [-0.25, -0.2) is 5.43 Å². The molecule has 2 aromatic rings. The number of para-hydroxylation sites is 1. The third-order valence-corrected chi connectivity index (χ3v) is 2.65. The highest BCUT2D eigenvalue weighted by atomic mass is 16.3. The Bertz CT molecular complexity index is 607. The van der Waals surface area contributed by atoms with Crippen molar-refractivity contribution in [1.29, 1.82) is 0 Å². The number of aromatic hydroxyl groups is 1. The summed E-state index contributed by atoms with van der Waals surface area (Å²) in [7, 11) is 0. The van der Waals surface area contributed by atoms with E-state index in [0.29, 0.717) is 16.8 Å². The Hall–Kier alpha value is -2.62. The van der Waals surface area contributed by atoms with E-state index < -0.39 is 0 Å². The summed E-state index contributed by atoms with van der Waals surface area (Å²) in [6, 6.07) is 15.7. The second kappa shape index (κ2) is 5.82. The molecule has 0 radical (unpaired) electrons. The molecule has 0 spiro atoms. The molecule has 0 aliphatic heterocycles. The fourth-order valence-corrected chi connectivity index (χ4v) is 1.63. The summed E-state index contributed by atoms with van der Waals surface area (Å²) in [5, 5.41) is 13.7. The molecule has 0 bridgehead atoms. The zero-order chi connectivity index (χ0) is 13.7. The van der Waals surface area contributed by atoms with Crippen molar-refractivity contribution in [2.45, 2.75) is 6.92 Å². The summed E-state index contributed by atoms with van der Waals surface area (Å²) in [5.74, 6) is -0.145. The maximum atomic E-state index is 11.8. The van der Waals surface area contributed by atoms with E-state index in [9.17, 15) is 9.90 Å². The first-order chi connectivity index (χ1) is 9.18. The van der Waals surface area contributed by atoms with Gasteiger partial charge >= 0.3 is 0 Å². The molecule has 19 heavy (non-hydrogen) atoms. The second-order valence-corrected chi connectivity index (χ2v) is 4.02. The minimum absolute atomic E-state index is 0.137. The van der Waals surface area contributed by atoms with Gasteiger partial charge in [0.15, 0.2) is 0 Å². The molecule has 96 valence electrons. The van der Waals surface area contributed by atoms with Crippen LogP contribution in [0.4, 0.5) is 0 Å². The third-order valence-electron chi connectivity index (χ3n) is 2.65. The number of nitrogens with zero attached hydrogens (tertiary/aromatic N) is 1. The topological polar surface area (TPSA) is 61.7 Å². The lowest BCUT2D eigenvalue weighted by molar-refractivity contribution is 0.0955. The first kappa shape index (κ1) is 12.8. The van der Waals surface area contributed by atoms with Crippen LogP contribution in [-0.2, 0) is 0 Å². The van der Waals surface area contributed by atoms with Crippen LogP contribution in [0.2, 0.25) is 0 Å². The molecular formula is C15H14N2O2. The molecule has 2 N–H and O–H groups in total. The van der Waals surface area contributed by atoms with Crippen LogP contribution in [0.15, 0.2) is 59.7 Å². The lowest BCUT2D eigenvalue weighted by Crippen LogP contribution is -2.19. The van der Waals surface area contributed by atoms with Gasteiger partial charge in [0.2, 0.25) is 0 Å². The third kappa shape index (κ3) is 3.19. The van der Waals surface area contributed by atoms with Gasteiger partial charge in [-0.15, -0.1) is 0 Å². The first-order valence-electron chi connectivity index (χ1n) is 5.86. The SMILES string of the molecule is C/C(=N/NC(=O)c1ccccc1)c1ccccc1O. The molecule has 0 atom stereocenters. The number of nitrogens with one attached hydrogen (secondary N) is 1. The van der Waals surface area contributed by atoms with Crippen molar-refractivity contribution in [1.82, 2.24) is 5.43 Å². The highest BCUT2D eigenvalue weighted by Crippen LogP contribution is 2.16. The van der Waals surface area contributed by atoms with E-state index in [1.54, 1.807) is 55.5 Å². The van der Waals surface area contributed by atoms with Gasteiger partial charge in [-0.05, 0) is 31.2 Å². The van der Waals surface area contributed by atoms with Crippen molar-refractivity contribution >= 4 is 11.6 Å². The Morgan fingerprint density at radius 1 is 1.05 bits per heavy atom. The highest BCUT2D eigenvalue weighted by molar-refractivity contribution is 6.02. The number of hydrazone groups is 1. The zero-order valence-corrected chi connectivity index (χ0v) is 10.5. The van der Waals surface area contributed by atoms with Gasteiger partial charge in [-0.3, -0.25) is 4.79 Å². The van der Waals surface area contributed by atoms with Gasteiger partial charge in [0, 0.05) is 11.1 Å². The summed E-state index contributed by atoms with van der Waals surface area (Å²) in [6.07, 6.45) is 0. The first-order valence-corrected chi connectivity index (χ1v) is 5.86. The van der Waals surface area contributed by atoms with Gasteiger partial charge in [0.1, 0.15) is 5.75 Å². The van der Waals surface area contributed by atoms with Crippen LogP contribution in [0.1, 0.15) is 22.8 Å². The van der Waals surface area contributed by atoms with Crippen LogP contribution < -0.4 is 5.43 Å². The fourth-order valence-electron chi connectivity index (χ4n) is 1.63. The lowest BCUT2D eigenvalue weighted by atomic mass is 10.1. The lowest BCUT2D eigenvalue weighted by Gasteiger charge is -2.04. The van der Waals surface area contributed by atoms with Crippen molar-refractivity contribution in [2.75, 3.05) is 0 Å². The zero-order valence-electron chi connectivity index (χ0n) is 10.5. The van der Waals surface area contributed by atoms with E-state index in [1.165, 1.54) is 0 Å². The number of benzene rings is 2. The van der Waals surface area contributed by atoms with Crippen LogP contribution in [0.5, 0.6) is 5.75 Å². The molecule has 0 unspecified atom stereocenters. The molecule has 2 aromatic carbocycles. The molecule has 2 rings (SSSR count). The molecule has 0 aliphatic rings. The summed E-state index contributed by atoms with van der Waals surface area (Å²) in [4.78, 5) is 11.8. The van der Waals surface area contributed by atoms with Crippen LogP contribution in [-0.4, -0.2) is 16.7 Å². The van der Waals surface area contributed by atoms with Crippen molar-refractivity contribution in [3.05, 3.63) is 65.7 Å². The van der Waals surface area contributed by atoms with Gasteiger partial charge in [-0.2, -0.15) is 5.10 Å². The highest BCUT2D eigenvalue weighted by Gasteiger charge is 2.05. The minimum atomic E-state index is -0.282. The molecule has 4 heteroatoms. The van der Waals surface area contributed by atoms with Gasteiger partial charge < -0.3 is 5.11 Å². The quantitative estimate of drug-likeness (QED) is 0.653. The van der Waals surface area contributed by atoms with Crippen molar-refractivity contribution in [2.24, 2.45) is 5.10 Å². The normalized spacial score (nSPS) is 11.1. The van der Waals surface area contributed by atoms with E-state index in [1.807, 2.05) is 6.07 Å². The van der Waals surface area contributed by atoms with Gasteiger partial charge in [-0.1, -0.05) is 30.3 Å². The van der Waals surface area contributed by atoms with E-state index in [2.05, 4.69) is 10.5 Å². The molecule has 0 fully saturated rings. The Balaban J connectivity index is 2.11. The Kier molecular flexibility index (Phi) is 3.93. The predicted octanol–water partition coefficient (Wildman–Crippen LogP) is 2.55. The molecule has 0 heterocycles. The summed E-state index contributed by atoms with van der Waals surface area (Å²) in [5.41, 5.74) is 4.14. The van der Waals surface area contributed by atoms with E-state index in [0.717, 1.165) is 0 Å². The average Bonchev–Trinajstić information content (AvgIpc) is 2.46. The monoisotopic (exact) mass is 254 g/mol. The van der Waals surface area contributed by atoms with Gasteiger partial charge in [0.25, 0.3) is 5.91 Å². The number of rotatable bonds is 3. The fraction of sp³-hybridized carbons (Fsp3) is 0.0667. The largest absolute Gasteiger partial charge is 0.507 e. The maximum absolute atomic E-state index is 11.8.